The summed E-state index contributed by atoms with van der Waals surface area (Å²) in [7, 11) is 11.8. The van der Waals surface area contributed by atoms with Gasteiger partial charge in [-0.2, -0.15) is 0 Å². The second kappa shape index (κ2) is 10.3. The SMILES string of the molecule is CCNC(=O)CCCC(C)Oc1ccccc1[CH]=[Ru]([Cl])[Cl]. The van der Waals surface area contributed by atoms with Gasteiger partial charge in [0.1, 0.15) is 0 Å². The van der Waals surface area contributed by atoms with E-state index >= 15 is 0 Å². The van der Waals surface area contributed by atoms with Crippen molar-refractivity contribution in [2.45, 2.75) is 39.2 Å². The Balaban J connectivity index is 2.50. The molecule has 120 valence electrons. The molecule has 1 N–H and O–H groups in total. The predicted octanol–water partition coefficient (Wildman–Crippen LogP) is 3.84. The van der Waals surface area contributed by atoms with Crippen LogP contribution in [0.15, 0.2) is 24.3 Å². The summed E-state index contributed by atoms with van der Waals surface area (Å²) in [4.78, 5) is 11.4. The first kappa shape index (κ1) is 18.6. The summed E-state index contributed by atoms with van der Waals surface area (Å²) >= 11 is -1.87. The van der Waals surface area contributed by atoms with Gasteiger partial charge in [-0.15, -0.1) is 0 Å². The molecule has 0 aliphatic heterocycles. The predicted molar refractivity (Wildman–Crippen MR) is 85.9 cm³/mol. The van der Waals surface area contributed by atoms with Crippen LogP contribution in [0, 0.1) is 0 Å². The monoisotopic (exact) mass is 419 g/mol. The second-order valence-electron chi connectivity index (χ2n) is 4.62. The normalized spacial score (nSPS) is 12.5. The molecule has 0 aromatic heterocycles. The van der Waals surface area contributed by atoms with Gasteiger partial charge in [-0.3, -0.25) is 0 Å². The summed E-state index contributed by atoms with van der Waals surface area (Å²) < 4.78 is 7.81. The van der Waals surface area contributed by atoms with Crippen molar-refractivity contribution < 1.29 is 23.0 Å². The summed E-state index contributed by atoms with van der Waals surface area (Å²) in [5.41, 5.74) is 0.942. The molecule has 0 heterocycles. The zero-order valence-corrected chi connectivity index (χ0v) is 15.5. The second-order valence-corrected chi connectivity index (χ2v) is 10.3. The topological polar surface area (TPSA) is 38.3 Å². The van der Waals surface area contributed by atoms with Crippen LogP contribution in [0.1, 0.15) is 38.7 Å². The summed E-state index contributed by atoms with van der Waals surface area (Å²) in [6.07, 6.45) is 2.21. The van der Waals surface area contributed by atoms with Crippen LogP contribution in [-0.4, -0.2) is 23.2 Å². The maximum atomic E-state index is 11.4. The molecular formula is C15H21Cl2NO2Ru. The molecule has 21 heavy (non-hydrogen) atoms. The first-order valence-electron chi connectivity index (χ1n) is 6.88. The van der Waals surface area contributed by atoms with Crippen LogP contribution in [0.3, 0.4) is 0 Å². The number of nitrogens with one attached hydrogen (secondary N) is 1. The van der Waals surface area contributed by atoms with Crippen LogP contribution in [0.4, 0.5) is 0 Å². The molecule has 1 unspecified atom stereocenters. The number of amides is 1. The molecule has 0 fully saturated rings. The number of rotatable bonds is 8. The third-order valence-electron chi connectivity index (χ3n) is 2.82. The Hall–Kier alpha value is -0.437. The van der Waals surface area contributed by atoms with Gasteiger partial charge in [-0.1, -0.05) is 0 Å². The molecular weight excluding hydrogens is 398 g/mol. The quantitative estimate of drug-likeness (QED) is 0.651. The number of benzene rings is 1. The Morgan fingerprint density at radius 3 is 2.81 bits per heavy atom. The summed E-state index contributed by atoms with van der Waals surface area (Å²) in [6, 6.07) is 7.72. The van der Waals surface area contributed by atoms with Crippen LogP contribution >= 0.6 is 19.4 Å². The van der Waals surface area contributed by atoms with Crippen LogP contribution < -0.4 is 10.1 Å². The minimum atomic E-state index is -1.87. The number of ether oxygens (including phenoxy) is 1. The third-order valence-corrected chi connectivity index (χ3v) is 4.66. The van der Waals surface area contributed by atoms with Crippen molar-refractivity contribution in [1.29, 1.82) is 0 Å². The molecule has 3 nitrogen and oxygen atoms in total. The van der Waals surface area contributed by atoms with Crippen molar-refractivity contribution in [3.63, 3.8) is 0 Å². The molecule has 1 atom stereocenters. The van der Waals surface area contributed by atoms with E-state index in [1.54, 1.807) is 0 Å². The van der Waals surface area contributed by atoms with E-state index in [1.165, 1.54) is 0 Å². The Bertz CT molecular complexity index is 490. The number of para-hydroxylation sites is 1. The molecule has 0 radical (unpaired) electrons. The summed E-state index contributed by atoms with van der Waals surface area (Å²) in [6.45, 7) is 4.60. The van der Waals surface area contributed by atoms with Gasteiger partial charge in [0.15, 0.2) is 0 Å². The number of carbonyl (C=O) groups excluding carboxylic acids is 1. The Kier molecular flexibility index (Phi) is 9.14. The zero-order valence-electron chi connectivity index (χ0n) is 12.2. The Labute approximate surface area is 139 Å². The fourth-order valence-corrected chi connectivity index (χ4v) is 3.67. The molecule has 0 aliphatic carbocycles. The van der Waals surface area contributed by atoms with Gasteiger partial charge < -0.3 is 0 Å². The Morgan fingerprint density at radius 1 is 1.43 bits per heavy atom. The molecule has 0 saturated heterocycles. The number of carbonyl (C=O) groups is 1. The van der Waals surface area contributed by atoms with Crippen LogP contribution in [-0.2, 0) is 18.3 Å². The van der Waals surface area contributed by atoms with E-state index in [2.05, 4.69) is 5.32 Å². The van der Waals surface area contributed by atoms with E-state index in [1.807, 2.05) is 42.7 Å². The van der Waals surface area contributed by atoms with E-state index in [0.717, 1.165) is 24.2 Å². The molecule has 0 saturated carbocycles. The van der Waals surface area contributed by atoms with Gasteiger partial charge in [-0.25, -0.2) is 0 Å². The molecule has 1 aromatic rings. The molecule has 0 spiro atoms. The zero-order chi connectivity index (χ0) is 15.7. The van der Waals surface area contributed by atoms with Crippen molar-refractivity contribution >= 4 is 29.9 Å². The van der Waals surface area contributed by atoms with Crippen molar-refractivity contribution in [3.05, 3.63) is 29.8 Å². The van der Waals surface area contributed by atoms with Crippen molar-refractivity contribution in [2.75, 3.05) is 6.54 Å². The van der Waals surface area contributed by atoms with Crippen molar-refractivity contribution in [2.24, 2.45) is 0 Å². The van der Waals surface area contributed by atoms with Gasteiger partial charge in [0, 0.05) is 0 Å². The van der Waals surface area contributed by atoms with Crippen molar-refractivity contribution in [3.8, 4) is 5.75 Å². The Morgan fingerprint density at radius 2 is 2.14 bits per heavy atom. The number of hydrogen-bond donors (Lipinski definition) is 1. The van der Waals surface area contributed by atoms with Gasteiger partial charge >= 0.3 is 140 Å². The molecule has 1 rings (SSSR count). The van der Waals surface area contributed by atoms with Crippen LogP contribution in [0.5, 0.6) is 5.75 Å². The maximum absolute atomic E-state index is 11.4. The van der Waals surface area contributed by atoms with E-state index in [9.17, 15) is 4.79 Å². The standard InChI is InChI=1S/C15H21NO2.2ClH.Ru/c1-4-16-15(17)11-7-9-13(3)18-14-10-6-5-8-12(14)2;;;/h2,5-6,8,10,13H,4,7,9,11H2,1,3H3,(H,16,17);2*1H;/q;;;+2/p-2. The first-order chi connectivity index (χ1) is 10.0. The van der Waals surface area contributed by atoms with E-state index in [4.69, 9.17) is 24.1 Å². The number of halogens is 2. The van der Waals surface area contributed by atoms with E-state index < -0.39 is 13.5 Å². The molecule has 1 amide bonds. The van der Waals surface area contributed by atoms with Crippen LogP contribution in [0.25, 0.3) is 0 Å². The van der Waals surface area contributed by atoms with E-state index in [0.29, 0.717) is 13.0 Å². The van der Waals surface area contributed by atoms with Crippen LogP contribution in [0.2, 0.25) is 0 Å². The van der Waals surface area contributed by atoms with Gasteiger partial charge in [0.25, 0.3) is 0 Å². The van der Waals surface area contributed by atoms with Gasteiger partial charge in [0.2, 0.25) is 0 Å². The average molecular weight is 419 g/mol. The molecule has 0 aliphatic rings. The molecule has 1 aromatic carbocycles. The fourth-order valence-electron chi connectivity index (χ4n) is 1.87. The van der Waals surface area contributed by atoms with Crippen molar-refractivity contribution in [1.82, 2.24) is 5.32 Å². The molecule has 6 heteroatoms. The summed E-state index contributed by atoms with van der Waals surface area (Å²) in [5.74, 6) is 0.889. The number of hydrogen-bond acceptors (Lipinski definition) is 2. The van der Waals surface area contributed by atoms with Gasteiger partial charge in [-0.05, 0) is 0 Å². The first-order valence-corrected chi connectivity index (χ1v) is 12.4. The van der Waals surface area contributed by atoms with Gasteiger partial charge in [0.05, 0.1) is 0 Å². The fraction of sp³-hybridized carbons (Fsp3) is 0.467. The molecule has 0 bridgehead atoms. The summed E-state index contributed by atoms with van der Waals surface area (Å²) in [5, 5.41) is 2.79. The van der Waals surface area contributed by atoms with E-state index in [-0.39, 0.29) is 12.0 Å². The minimum absolute atomic E-state index is 0.0419. The third kappa shape index (κ3) is 7.94. The average Bonchev–Trinajstić information content (AvgIpc) is 2.40.